The second-order valence-corrected chi connectivity index (χ2v) is 7.92. The molecule has 0 aliphatic heterocycles. The highest BCUT2D eigenvalue weighted by atomic mass is 14.7. The van der Waals surface area contributed by atoms with Crippen molar-refractivity contribution < 1.29 is 0 Å². The highest BCUT2D eigenvalue weighted by molar-refractivity contribution is 5.38. The van der Waals surface area contributed by atoms with E-state index in [1.807, 2.05) is 12.3 Å². The zero-order valence-electron chi connectivity index (χ0n) is 14.2. The summed E-state index contributed by atoms with van der Waals surface area (Å²) in [6.45, 7) is 13.7. The number of rotatable bonds is 2. The quantitative estimate of drug-likeness (QED) is 0.731. The molecule has 0 radical (unpaired) electrons. The van der Waals surface area contributed by atoms with Crippen molar-refractivity contribution in [2.24, 2.45) is 0 Å². The van der Waals surface area contributed by atoms with Crippen molar-refractivity contribution in [3.05, 3.63) is 65.0 Å². The monoisotopic (exact) mass is 281 g/mol. The number of nitrogens with zero attached hydrogens (tertiary/aromatic N) is 1. The van der Waals surface area contributed by atoms with Crippen LogP contribution in [0.4, 0.5) is 0 Å². The van der Waals surface area contributed by atoms with Crippen LogP contribution in [0.25, 0.3) is 0 Å². The van der Waals surface area contributed by atoms with Gasteiger partial charge in [-0.2, -0.15) is 0 Å². The fourth-order valence-electron chi connectivity index (χ4n) is 2.37. The standard InChI is InChI=1S/C20H27N/c1-19(2,3)16-11-15(12-17(14-16)20(4,5)6)13-18-9-7-8-10-21-18/h7-12,14H,13H2,1-6H3. The fraction of sp³-hybridized carbons (Fsp3) is 0.450. The van der Waals surface area contributed by atoms with Gasteiger partial charge >= 0.3 is 0 Å². The molecule has 112 valence electrons. The maximum atomic E-state index is 4.46. The molecule has 0 bridgehead atoms. The molecule has 0 atom stereocenters. The Balaban J connectivity index is 2.45. The molecule has 0 unspecified atom stereocenters. The summed E-state index contributed by atoms with van der Waals surface area (Å²) >= 11 is 0. The lowest BCUT2D eigenvalue weighted by molar-refractivity contribution is 0.567. The lowest BCUT2D eigenvalue weighted by Crippen LogP contribution is -2.17. The van der Waals surface area contributed by atoms with Gasteiger partial charge in [-0.05, 0) is 39.7 Å². The molecule has 2 aromatic rings. The van der Waals surface area contributed by atoms with Crippen LogP contribution in [0.2, 0.25) is 0 Å². The lowest BCUT2D eigenvalue weighted by atomic mass is 9.79. The maximum absolute atomic E-state index is 4.46. The van der Waals surface area contributed by atoms with Crippen LogP contribution in [-0.4, -0.2) is 4.98 Å². The van der Waals surface area contributed by atoms with Crippen molar-refractivity contribution in [3.8, 4) is 0 Å². The zero-order chi connectivity index (χ0) is 15.7. The summed E-state index contributed by atoms with van der Waals surface area (Å²) < 4.78 is 0. The van der Waals surface area contributed by atoms with E-state index in [2.05, 4.69) is 76.9 Å². The molecule has 0 amide bonds. The van der Waals surface area contributed by atoms with Crippen LogP contribution in [0.3, 0.4) is 0 Å². The van der Waals surface area contributed by atoms with Crippen LogP contribution in [0.1, 0.15) is 63.9 Å². The summed E-state index contributed by atoms with van der Waals surface area (Å²) in [5.74, 6) is 0. The topological polar surface area (TPSA) is 12.9 Å². The first kappa shape index (κ1) is 15.8. The molecule has 0 saturated carbocycles. The van der Waals surface area contributed by atoms with E-state index in [0.29, 0.717) is 0 Å². The Bertz CT molecular complexity index is 566. The van der Waals surface area contributed by atoms with Gasteiger partial charge in [0, 0.05) is 18.3 Å². The van der Waals surface area contributed by atoms with Crippen molar-refractivity contribution in [1.29, 1.82) is 0 Å². The molecule has 0 aliphatic rings. The second kappa shape index (κ2) is 5.63. The molecule has 1 heteroatoms. The minimum Gasteiger partial charge on any atom is -0.261 e. The molecular formula is C20H27N. The molecule has 0 spiro atoms. The van der Waals surface area contributed by atoms with Gasteiger partial charge in [0.25, 0.3) is 0 Å². The summed E-state index contributed by atoms with van der Waals surface area (Å²) in [7, 11) is 0. The summed E-state index contributed by atoms with van der Waals surface area (Å²) in [4.78, 5) is 4.46. The van der Waals surface area contributed by atoms with Gasteiger partial charge in [-0.1, -0.05) is 65.8 Å². The molecule has 0 N–H and O–H groups in total. The number of hydrogen-bond donors (Lipinski definition) is 0. The summed E-state index contributed by atoms with van der Waals surface area (Å²) in [5.41, 5.74) is 5.62. The number of hydrogen-bond acceptors (Lipinski definition) is 1. The predicted octanol–water partition coefficient (Wildman–Crippen LogP) is 5.27. The average molecular weight is 281 g/mol. The SMILES string of the molecule is CC(C)(C)c1cc(Cc2ccccn2)cc(C(C)(C)C)c1. The Kier molecular flexibility index (Phi) is 4.22. The van der Waals surface area contributed by atoms with Crippen LogP contribution < -0.4 is 0 Å². The molecule has 21 heavy (non-hydrogen) atoms. The highest BCUT2D eigenvalue weighted by Gasteiger charge is 2.20. The minimum absolute atomic E-state index is 0.167. The van der Waals surface area contributed by atoms with Crippen molar-refractivity contribution in [2.75, 3.05) is 0 Å². The molecule has 1 aromatic carbocycles. The number of pyridine rings is 1. The van der Waals surface area contributed by atoms with E-state index in [-0.39, 0.29) is 10.8 Å². The van der Waals surface area contributed by atoms with E-state index in [9.17, 15) is 0 Å². The van der Waals surface area contributed by atoms with Crippen molar-refractivity contribution in [3.63, 3.8) is 0 Å². The smallest absolute Gasteiger partial charge is 0.0447 e. The van der Waals surface area contributed by atoms with Crippen LogP contribution in [-0.2, 0) is 17.3 Å². The molecule has 0 saturated heterocycles. The Morgan fingerprint density at radius 1 is 0.810 bits per heavy atom. The zero-order valence-corrected chi connectivity index (χ0v) is 14.2. The molecular weight excluding hydrogens is 254 g/mol. The van der Waals surface area contributed by atoms with Gasteiger partial charge in [0.15, 0.2) is 0 Å². The van der Waals surface area contributed by atoms with Gasteiger partial charge in [-0.3, -0.25) is 4.98 Å². The third-order valence-electron chi connectivity index (χ3n) is 3.84. The van der Waals surface area contributed by atoms with Gasteiger partial charge in [0.2, 0.25) is 0 Å². The van der Waals surface area contributed by atoms with Crippen molar-refractivity contribution >= 4 is 0 Å². The van der Waals surface area contributed by atoms with Gasteiger partial charge < -0.3 is 0 Å². The molecule has 1 aromatic heterocycles. The van der Waals surface area contributed by atoms with Crippen LogP contribution in [0.5, 0.6) is 0 Å². The molecule has 2 rings (SSSR count). The van der Waals surface area contributed by atoms with E-state index in [4.69, 9.17) is 0 Å². The van der Waals surface area contributed by atoms with E-state index < -0.39 is 0 Å². The van der Waals surface area contributed by atoms with Gasteiger partial charge in [-0.15, -0.1) is 0 Å². The Morgan fingerprint density at radius 2 is 1.38 bits per heavy atom. The second-order valence-electron chi connectivity index (χ2n) is 7.92. The maximum Gasteiger partial charge on any atom is 0.0447 e. The Labute approximate surface area is 129 Å². The Morgan fingerprint density at radius 3 is 1.81 bits per heavy atom. The van der Waals surface area contributed by atoms with E-state index in [1.165, 1.54) is 16.7 Å². The largest absolute Gasteiger partial charge is 0.261 e. The summed E-state index contributed by atoms with van der Waals surface area (Å²) in [6, 6.07) is 13.2. The predicted molar refractivity (Wildman–Crippen MR) is 90.9 cm³/mol. The summed E-state index contributed by atoms with van der Waals surface area (Å²) in [5, 5.41) is 0. The molecule has 0 fully saturated rings. The first-order chi connectivity index (χ1) is 9.66. The van der Waals surface area contributed by atoms with E-state index >= 15 is 0 Å². The molecule has 1 nitrogen and oxygen atoms in total. The first-order valence-electron chi connectivity index (χ1n) is 7.71. The van der Waals surface area contributed by atoms with E-state index in [1.54, 1.807) is 0 Å². The third kappa shape index (κ3) is 4.17. The fourth-order valence-corrected chi connectivity index (χ4v) is 2.37. The van der Waals surface area contributed by atoms with Crippen molar-refractivity contribution in [1.82, 2.24) is 4.98 Å². The normalized spacial score (nSPS) is 12.5. The third-order valence-corrected chi connectivity index (χ3v) is 3.84. The highest BCUT2D eigenvalue weighted by Crippen LogP contribution is 2.30. The lowest BCUT2D eigenvalue weighted by Gasteiger charge is -2.26. The Hall–Kier alpha value is -1.63. The van der Waals surface area contributed by atoms with Gasteiger partial charge in [-0.25, -0.2) is 0 Å². The molecule has 1 heterocycles. The van der Waals surface area contributed by atoms with Crippen LogP contribution in [0, 0.1) is 0 Å². The minimum atomic E-state index is 0.167. The van der Waals surface area contributed by atoms with Gasteiger partial charge in [0.1, 0.15) is 0 Å². The van der Waals surface area contributed by atoms with Crippen LogP contribution >= 0.6 is 0 Å². The average Bonchev–Trinajstić information content (AvgIpc) is 2.37. The van der Waals surface area contributed by atoms with Crippen LogP contribution in [0.15, 0.2) is 42.6 Å². The molecule has 0 aliphatic carbocycles. The van der Waals surface area contributed by atoms with E-state index in [0.717, 1.165) is 12.1 Å². The number of aromatic nitrogens is 1. The summed E-state index contributed by atoms with van der Waals surface area (Å²) in [6.07, 6.45) is 2.77. The van der Waals surface area contributed by atoms with Gasteiger partial charge in [0.05, 0.1) is 0 Å². The van der Waals surface area contributed by atoms with Crippen molar-refractivity contribution in [2.45, 2.75) is 58.8 Å². The number of benzene rings is 1. The first-order valence-corrected chi connectivity index (χ1v) is 7.71.